The van der Waals surface area contributed by atoms with Crippen molar-refractivity contribution in [2.45, 2.75) is 24.8 Å². The SMILES string of the molecule is COCCN1CCC12CCCN(C(=O)c1cc(OC)ccc1OC)C2. The predicted octanol–water partition coefficient (Wildman–Crippen LogP) is 2.03. The van der Waals surface area contributed by atoms with Gasteiger partial charge in [0.15, 0.2) is 0 Å². The molecule has 1 unspecified atom stereocenters. The number of amides is 1. The Kier molecular flexibility index (Phi) is 5.49. The van der Waals surface area contributed by atoms with Crippen LogP contribution in [-0.2, 0) is 4.74 Å². The molecule has 1 aromatic carbocycles. The summed E-state index contributed by atoms with van der Waals surface area (Å²) in [6, 6.07) is 5.37. The van der Waals surface area contributed by atoms with Crippen LogP contribution in [-0.4, -0.2) is 75.4 Å². The Labute approximate surface area is 149 Å². The minimum absolute atomic E-state index is 0.0217. The number of methoxy groups -OCH3 is 3. The summed E-state index contributed by atoms with van der Waals surface area (Å²) >= 11 is 0. The van der Waals surface area contributed by atoms with Crippen LogP contribution in [0.2, 0.25) is 0 Å². The largest absolute Gasteiger partial charge is 0.497 e. The van der Waals surface area contributed by atoms with Gasteiger partial charge in [-0.15, -0.1) is 0 Å². The third-order valence-electron chi connectivity index (χ3n) is 5.56. The molecule has 25 heavy (non-hydrogen) atoms. The molecular weight excluding hydrogens is 320 g/mol. The molecule has 3 rings (SSSR count). The lowest BCUT2D eigenvalue weighted by Gasteiger charge is -2.57. The second-order valence-corrected chi connectivity index (χ2v) is 6.85. The van der Waals surface area contributed by atoms with Crippen molar-refractivity contribution in [3.63, 3.8) is 0 Å². The van der Waals surface area contributed by atoms with Crippen molar-refractivity contribution in [3.05, 3.63) is 23.8 Å². The van der Waals surface area contributed by atoms with Crippen molar-refractivity contribution >= 4 is 5.91 Å². The van der Waals surface area contributed by atoms with Gasteiger partial charge in [0.1, 0.15) is 11.5 Å². The Hall–Kier alpha value is -1.79. The lowest BCUT2D eigenvalue weighted by molar-refractivity contribution is -0.0679. The van der Waals surface area contributed by atoms with E-state index in [-0.39, 0.29) is 11.4 Å². The summed E-state index contributed by atoms with van der Waals surface area (Å²) in [5, 5.41) is 0. The summed E-state index contributed by atoms with van der Waals surface area (Å²) in [6.07, 6.45) is 3.33. The smallest absolute Gasteiger partial charge is 0.257 e. The first-order chi connectivity index (χ1) is 12.1. The van der Waals surface area contributed by atoms with E-state index in [1.807, 2.05) is 11.0 Å². The molecule has 6 nitrogen and oxygen atoms in total. The van der Waals surface area contributed by atoms with Crippen LogP contribution in [0.25, 0.3) is 0 Å². The van der Waals surface area contributed by atoms with Crippen molar-refractivity contribution in [1.82, 2.24) is 9.80 Å². The van der Waals surface area contributed by atoms with Crippen LogP contribution < -0.4 is 9.47 Å². The second kappa shape index (κ2) is 7.62. The number of rotatable bonds is 6. The third kappa shape index (κ3) is 3.46. The normalized spacial score (nSPS) is 23.4. The van der Waals surface area contributed by atoms with Gasteiger partial charge in [-0.3, -0.25) is 9.69 Å². The van der Waals surface area contributed by atoms with Crippen molar-refractivity contribution in [3.8, 4) is 11.5 Å². The van der Waals surface area contributed by atoms with E-state index in [1.165, 1.54) is 0 Å². The van der Waals surface area contributed by atoms with Crippen LogP contribution in [0.1, 0.15) is 29.6 Å². The van der Waals surface area contributed by atoms with Gasteiger partial charge in [-0.1, -0.05) is 0 Å². The first-order valence-corrected chi connectivity index (χ1v) is 8.89. The minimum Gasteiger partial charge on any atom is -0.497 e. The minimum atomic E-state index is 0.0217. The Morgan fingerprint density at radius 1 is 1.16 bits per heavy atom. The van der Waals surface area contributed by atoms with Gasteiger partial charge in [0.25, 0.3) is 5.91 Å². The molecule has 2 saturated heterocycles. The zero-order valence-electron chi connectivity index (χ0n) is 15.4. The van der Waals surface area contributed by atoms with Gasteiger partial charge in [0.05, 0.1) is 26.4 Å². The molecule has 1 amide bonds. The number of nitrogens with zero attached hydrogens (tertiary/aromatic N) is 2. The van der Waals surface area contributed by atoms with Crippen molar-refractivity contribution < 1.29 is 19.0 Å². The number of hydrogen-bond donors (Lipinski definition) is 0. The monoisotopic (exact) mass is 348 g/mol. The molecule has 0 aliphatic carbocycles. The standard InChI is InChI=1S/C19H28N2O4/c1-23-12-11-21-10-8-19(21)7-4-9-20(14-19)18(22)16-13-15(24-2)5-6-17(16)25-3/h5-6,13H,4,7-12,14H2,1-3H3. The summed E-state index contributed by atoms with van der Waals surface area (Å²) < 4.78 is 15.9. The highest BCUT2D eigenvalue weighted by Gasteiger charge is 2.47. The maximum absolute atomic E-state index is 13.1. The van der Waals surface area contributed by atoms with Gasteiger partial charge in [-0.25, -0.2) is 0 Å². The maximum Gasteiger partial charge on any atom is 0.257 e. The number of hydrogen-bond acceptors (Lipinski definition) is 5. The summed E-state index contributed by atoms with van der Waals surface area (Å²) in [6.45, 7) is 4.32. The van der Waals surface area contributed by atoms with Crippen LogP contribution in [0, 0.1) is 0 Å². The number of ether oxygens (including phenoxy) is 3. The molecule has 0 N–H and O–H groups in total. The molecule has 1 aromatic rings. The van der Waals surface area contributed by atoms with Gasteiger partial charge >= 0.3 is 0 Å². The van der Waals surface area contributed by atoms with E-state index >= 15 is 0 Å². The molecule has 1 spiro atoms. The predicted molar refractivity (Wildman–Crippen MR) is 95.5 cm³/mol. The lowest BCUT2D eigenvalue weighted by atomic mass is 9.77. The first-order valence-electron chi connectivity index (χ1n) is 8.89. The molecule has 0 aromatic heterocycles. The molecule has 0 saturated carbocycles. The molecule has 138 valence electrons. The average molecular weight is 348 g/mol. The summed E-state index contributed by atoms with van der Waals surface area (Å²) in [5.74, 6) is 1.28. The number of carbonyl (C=O) groups is 1. The maximum atomic E-state index is 13.1. The molecule has 1 atom stereocenters. The second-order valence-electron chi connectivity index (χ2n) is 6.85. The van der Waals surface area contributed by atoms with Crippen LogP contribution in [0.4, 0.5) is 0 Å². The summed E-state index contributed by atoms with van der Waals surface area (Å²) in [5.41, 5.74) is 0.695. The van der Waals surface area contributed by atoms with Gasteiger partial charge in [-0.05, 0) is 37.5 Å². The highest BCUT2D eigenvalue weighted by Crippen LogP contribution is 2.39. The van der Waals surface area contributed by atoms with Crippen LogP contribution in [0.3, 0.4) is 0 Å². The Morgan fingerprint density at radius 2 is 2.00 bits per heavy atom. The van der Waals surface area contributed by atoms with Crippen molar-refractivity contribution in [1.29, 1.82) is 0 Å². The Morgan fingerprint density at radius 3 is 2.64 bits per heavy atom. The highest BCUT2D eigenvalue weighted by atomic mass is 16.5. The van der Waals surface area contributed by atoms with Gasteiger partial charge < -0.3 is 19.1 Å². The fraction of sp³-hybridized carbons (Fsp3) is 0.632. The van der Waals surface area contributed by atoms with Gasteiger partial charge in [0, 0.05) is 38.8 Å². The molecule has 2 aliphatic rings. The lowest BCUT2D eigenvalue weighted by Crippen LogP contribution is -2.67. The third-order valence-corrected chi connectivity index (χ3v) is 5.56. The van der Waals surface area contributed by atoms with Crippen LogP contribution >= 0.6 is 0 Å². The molecule has 0 radical (unpaired) electrons. The van der Waals surface area contributed by atoms with E-state index in [0.717, 1.165) is 52.0 Å². The van der Waals surface area contributed by atoms with E-state index < -0.39 is 0 Å². The molecule has 0 bridgehead atoms. The van der Waals surface area contributed by atoms with E-state index in [2.05, 4.69) is 4.90 Å². The zero-order valence-corrected chi connectivity index (χ0v) is 15.4. The van der Waals surface area contributed by atoms with Gasteiger partial charge in [0.2, 0.25) is 0 Å². The number of piperidine rings is 1. The summed E-state index contributed by atoms with van der Waals surface area (Å²) in [7, 11) is 4.93. The van der Waals surface area contributed by atoms with Crippen LogP contribution in [0.15, 0.2) is 18.2 Å². The average Bonchev–Trinajstić information content (AvgIpc) is 2.66. The van der Waals surface area contributed by atoms with E-state index in [0.29, 0.717) is 17.1 Å². The van der Waals surface area contributed by atoms with E-state index in [9.17, 15) is 4.79 Å². The molecule has 2 aliphatic heterocycles. The first kappa shape index (κ1) is 18.0. The highest BCUT2D eigenvalue weighted by molar-refractivity contribution is 5.97. The fourth-order valence-electron chi connectivity index (χ4n) is 4.04. The Balaban J connectivity index is 1.76. The molecule has 2 fully saturated rings. The fourth-order valence-corrected chi connectivity index (χ4v) is 4.04. The quantitative estimate of drug-likeness (QED) is 0.787. The number of benzene rings is 1. The van der Waals surface area contributed by atoms with Gasteiger partial charge in [-0.2, -0.15) is 0 Å². The number of likely N-dealkylation sites (tertiary alicyclic amines) is 2. The number of carbonyl (C=O) groups excluding carboxylic acids is 1. The van der Waals surface area contributed by atoms with Crippen molar-refractivity contribution in [2.24, 2.45) is 0 Å². The van der Waals surface area contributed by atoms with Crippen LogP contribution in [0.5, 0.6) is 11.5 Å². The van der Waals surface area contributed by atoms with E-state index in [1.54, 1.807) is 33.5 Å². The summed E-state index contributed by atoms with van der Waals surface area (Å²) in [4.78, 5) is 17.6. The zero-order chi connectivity index (χ0) is 17.9. The topological polar surface area (TPSA) is 51.2 Å². The Bertz CT molecular complexity index is 621. The molecule has 2 heterocycles. The molecular formula is C19H28N2O4. The van der Waals surface area contributed by atoms with Crippen molar-refractivity contribution in [2.75, 3.05) is 54.1 Å². The molecule has 6 heteroatoms. The van der Waals surface area contributed by atoms with E-state index in [4.69, 9.17) is 14.2 Å².